The highest BCUT2D eigenvalue weighted by Gasteiger charge is 2.06. The molecule has 0 bridgehead atoms. The zero-order chi connectivity index (χ0) is 11.3. The van der Waals surface area contributed by atoms with Crippen molar-refractivity contribution in [2.75, 3.05) is 11.9 Å². The molecule has 0 amide bonds. The van der Waals surface area contributed by atoms with Crippen LogP contribution in [0.4, 0.5) is 5.13 Å². The lowest BCUT2D eigenvalue weighted by Crippen LogP contribution is -2.10. The van der Waals surface area contributed by atoms with Crippen LogP contribution in [-0.4, -0.2) is 22.6 Å². The highest BCUT2D eigenvalue weighted by Crippen LogP contribution is 2.16. The number of aromatic nitrogens is 1. The predicted molar refractivity (Wildman–Crippen MR) is 61.4 cm³/mol. The maximum Gasteiger partial charge on any atom is 0.309 e. The van der Waals surface area contributed by atoms with Gasteiger partial charge in [0.15, 0.2) is 5.13 Å². The average Bonchev–Trinajstić information content (AvgIpc) is 2.61. The standard InChI is InChI=1S/C10H16N2O2S/c1-3-7(2)5-11-10-12-8(6-15-10)4-9(13)14/h6-7H,3-5H2,1-2H3,(H,11,12)(H,13,14). The number of hydrogen-bond acceptors (Lipinski definition) is 4. The van der Waals surface area contributed by atoms with Crippen molar-refractivity contribution >= 4 is 22.4 Å². The third-order valence-electron chi connectivity index (χ3n) is 2.18. The Morgan fingerprint density at radius 1 is 1.73 bits per heavy atom. The molecule has 0 saturated carbocycles. The summed E-state index contributed by atoms with van der Waals surface area (Å²) in [7, 11) is 0. The molecule has 5 heteroatoms. The molecule has 1 aromatic heterocycles. The Bertz CT molecular complexity index is 325. The molecule has 1 heterocycles. The molecule has 0 saturated heterocycles. The van der Waals surface area contributed by atoms with Gasteiger partial charge in [-0.15, -0.1) is 11.3 Å². The Balaban J connectivity index is 2.42. The molecule has 0 aromatic carbocycles. The topological polar surface area (TPSA) is 62.2 Å². The molecule has 4 nitrogen and oxygen atoms in total. The lowest BCUT2D eigenvalue weighted by atomic mass is 10.1. The van der Waals surface area contributed by atoms with Gasteiger partial charge in [0.1, 0.15) is 0 Å². The van der Waals surface area contributed by atoms with Gasteiger partial charge < -0.3 is 10.4 Å². The number of rotatable bonds is 6. The largest absolute Gasteiger partial charge is 0.481 e. The van der Waals surface area contributed by atoms with Crippen LogP contribution in [-0.2, 0) is 11.2 Å². The Labute approximate surface area is 93.4 Å². The number of anilines is 1. The summed E-state index contributed by atoms with van der Waals surface area (Å²) in [5.41, 5.74) is 0.624. The van der Waals surface area contributed by atoms with Gasteiger partial charge in [-0.1, -0.05) is 20.3 Å². The van der Waals surface area contributed by atoms with Crippen LogP contribution in [0, 0.1) is 5.92 Å². The van der Waals surface area contributed by atoms with E-state index in [1.165, 1.54) is 11.3 Å². The number of carboxylic acids is 1. The molecule has 0 spiro atoms. The van der Waals surface area contributed by atoms with Crippen molar-refractivity contribution in [2.24, 2.45) is 5.92 Å². The van der Waals surface area contributed by atoms with Crippen LogP contribution in [0.5, 0.6) is 0 Å². The number of hydrogen-bond donors (Lipinski definition) is 2. The summed E-state index contributed by atoms with van der Waals surface area (Å²) in [6, 6.07) is 0. The first-order chi connectivity index (χ1) is 7.11. The van der Waals surface area contributed by atoms with E-state index in [1.54, 1.807) is 5.38 Å². The van der Waals surface area contributed by atoms with Gasteiger partial charge >= 0.3 is 5.97 Å². The number of nitrogens with one attached hydrogen (secondary N) is 1. The van der Waals surface area contributed by atoms with E-state index < -0.39 is 5.97 Å². The fraction of sp³-hybridized carbons (Fsp3) is 0.600. The lowest BCUT2D eigenvalue weighted by molar-refractivity contribution is -0.136. The molecule has 0 aliphatic carbocycles. The fourth-order valence-electron chi connectivity index (χ4n) is 1.03. The molecule has 0 aliphatic rings. The second kappa shape index (κ2) is 5.70. The minimum absolute atomic E-state index is 0.00150. The average molecular weight is 228 g/mol. The first kappa shape index (κ1) is 12.0. The van der Waals surface area contributed by atoms with Crippen LogP contribution < -0.4 is 5.32 Å². The van der Waals surface area contributed by atoms with Crippen LogP contribution in [0.15, 0.2) is 5.38 Å². The maximum atomic E-state index is 10.4. The van der Waals surface area contributed by atoms with Crippen LogP contribution in [0.2, 0.25) is 0 Å². The summed E-state index contributed by atoms with van der Waals surface area (Å²) in [4.78, 5) is 14.6. The van der Waals surface area contributed by atoms with Crippen molar-refractivity contribution in [3.63, 3.8) is 0 Å². The normalized spacial score (nSPS) is 12.4. The molecule has 1 atom stereocenters. The number of carbonyl (C=O) groups is 1. The SMILES string of the molecule is CCC(C)CNc1nc(CC(=O)O)cs1. The van der Waals surface area contributed by atoms with Gasteiger partial charge in [-0.05, 0) is 5.92 Å². The molecular weight excluding hydrogens is 212 g/mol. The van der Waals surface area contributed by atoms with Gasteiger partial charge in [-0.25, -0.2) is 4.98 Å². The third-order valence-corrected chi connectivity index (χ3v) is 3.03. The third kappa shape index (κ3) is 4.29. The Morgan fingerprint density at radius 3 is 3.07 bits per heavy atom. The van der Waals surface area contributed by atoms with Crippen molar-refractivity contribution in [2.45, 2.75) is 26.7 Å². The molecule has 1 rings (SSSR count). The highest BCUT2D eigenvalue weighted by molar-refractivity contribution is 7.13. The second-order valence-corrected chi connectivity index (χ2v) is 4.47. The molecule has 1 aromatic rings. The lowest BCUT2D eigenvalue weighted by Gasteiger charge is -2.07. The Kier molecular flexibility index (Phi) is 4.55. The van der Waals surface area contributed by atoms with Crippen molar-refractivity contribution in [3.8, 4) is 0 Å². The summed E-state index contributed by atoms with van der Waals surface area (Å²) in [5.74, 6) is -0.231. The summed E-state index contributed by atoms with van der Waals surface area (Å²) in [6.45, 7) is 5.19. The monoisotopic (exact) mass is 228 g/mol. The molecule has 0 aliphatic heterocycles. The molecular formula is C10H16N2O2S. The van der Waals surface area contributed by atoms with Gasteiger partial charge in [-0.3, -0.25) is 4.79 Å². The second-order valence-electron chi connectivity index (χ2n) is 3.61. The van der Waals surface area contributed by atoms with Gasteiger partial charge in [0, 0.05) is 11.9 Å². The van der Waals surface area contributed by atoms with Crippen molar-refractivity contribution in [1.29, 1.82) is 0 Å². The van der Waals surface area contributed by atoms with Crippen molar-refractivity contribution in [3.05, 3.63) is 11.1 Å². The van der Waals surface area contributed by atoms with E-state index >= 15 is 0 Å². The van der Waals surface area contributed by atoms with Crippen LogP contribution >= 0.6 is 11.3 Å². The van der Waals surface area contributed by atoms with Crippen molar-refractivity contribution < 1.29 is 9.90 Å². The molecule has 2 N–H and O–H groups in total. The van der Waals surface area contributed by atoms with Crippen molar-refractivity contribution in [1.82, 2.24) is 4.98 Å². The quantitative estimate of drug-likeness (QED) is 0.783. The van der Waals surface area contributed by atoms with E-state index in [1.807, 2.05) is 0 Å². The summed E-state index contributed by atoms with van der Waals surface area (Å²) < 4.78 is 0. The summed E-state index contributed by atoms with van der Waals surface area (Å²) in [6.07, 6.45) is 1.13. The highest BCUT2D eigenvalue weighted by atomic mass is 32.1. The van der Waals surface area contributed by atoms with E-state index in [-0.39, 0.29) is 6.42 Å². The predicted octanol–water partition coefficient (Wildman–Crippen LogP) is 2.23. The number of carboxylic acid groups (broad SMARTS) is 1. The Morgan fingerprint density at radius 2 is 2.47 bits per heavy atom. The minimum atomic E-state index is -0.839. The zero-order valence-electron chi connectivity index (χ0n) is 8.99. The van der Waals surface area contributed by atoms with E-state index in [9.17, 15) is 4.79 Å². The summed E-state index contributed by atoms with van der Waals surface area (Å²) in [5, 5.41) is 14.4. The van der Waals surface area contributed by atoms with E-state index in [0.717, 1.165) is 18.1 Å². The smallest absolute Gasteiger partial charge is 0.309 e. The van der Waals surface area contributed by atoms with E-state index in [0.29, 0.717) is 11.6 Å². The van der Waals surface area contributed by atoms with Gasteiger partial charge in [0.05, 0.1) is 12.1 Å². The Hall–Kier alpha value is -1.10. The molecule has 1 unspecified atom stereocenters. The minimum Gasteiger partial charge on any atom is -0.481 e. The van der Waals surface area contributed by atoms with Crippen LogP contribution in [0.3, 0.4) is 0 Å². The number of thiazole rings is 1. The van der Waals surface area contributed by atoms with Gasteiger partial charge in [0.2, 0.25) is 0 Å². The summed E-state index contributed by atoms with van der Waals surface area (Å²) >= 11 is 1.46. The first-order valence-electron chi connectivity index (χ1n) is 5.02. The van der Waals surface area contributed by atoms with Crippen LogP contribution in [0.25, 0.3) is 0 Å². The molecule has 0 radical (unpaired) electrons. The van der Waals surface area contributed by atoms with Gasteiger partial charge in [-0.2, -0.15) is 0 Å². The zero-order valence-corrected chi connectivity index (χ0v) is 9.80. The first-order valence-corrected chi connectivity index (χ1v) is 5.89. The van der Waals surface area contributed by atoms with Crippen LogP contribution in [0.1, 0.15) is 26.0 Å². The van der Waals surface area contributed by atoms with Gasteiger partial charge in [0.25, 0.3) is 0 Å². The number of aliphatic carboxylic acids is 1. The molecule has 15 heavy (non-hydrogen) atoms. The number of nitrogens with zero attached hydrogens (tertiary/aromatic N) is 1. The fourth-order valence-corrected chi connectivity index (χ4v) is 1.75. The van der Waals surface area contributed by atoms with E-state index in [2.05, 4.69) is 24.1 Å². The van der Waals surface area contributed by atoms with E-state index in [4.69, 9.17) is 5.11 Å². The molecule has 0 fully saturated rings. The molecule has 84 valence electrons. The maximum absolute atomic E-state index is 10.4.